The van der Waals surface area contributed by atoms with E-state index in [9.17, 15) is 0 Å². The summed E-state index contributed by atoms with van der Waals surface area (Å²) in [4.78, 5) is 0. The van der Waals surface area contributed by atoms with Crippen LogP contribution in [0.3, 0.4) is 0 Å². The summed E-state index contributed by atoms with van der Waals surface area (Å²) in [6, 6.07) is 8.32. The zero-order valence-electron chi connectivity index (χ0n) is 11.4. The predicted octanol–water partition coefficient (Wildman–Crippen LogP) is 3.90. The minimum absolute atomic E-state index is 0.687. The number of allylic oxidation sites excluding steroid dienone is 2. The number of fused-ring (bicyclic) bond motifs is 2. The second-order valence-electron chi connectivity index (χ2n) is 4.68. The van der Waals surface area contributed by atoms with Crippen molar-refractivity contribution in [2.75, 3.05) is 13.7 Å². The summed E-state index contributed by atoms with van der Waals surface area (Å²) in [5, 5.41) is 2.29. The lowest BCUT2D eigenvalue weighted by Crippen LogP contribution is -2.06. The molecule has 0 saturated heterocycles. The molecular weight excluding hydrogens is 236 g/mol. The molecule has 98 valence electrons. The van der Waals surface area contributed by atoms with E-state index in [-0.39, 0.29) is 0 Å². The highest BCUT2D eigenvalue weighted by molar-refractivity contribution is 5.96. The molecule has 0 aliphatic heterocycles. The van der Waals surface area contributed by atoms with Crippen LogP contribution in [0.25, 0.3) is 10.8 Å². The van der Waals surface area contributed by atoms with E-state index in [0.717, 1.165) is 35.1 Å². The Labute approximate surface area is 113 Å². The van der Waals surface area contributed by atoms with Gasteiger partial charge in [-0.15, -0.1) is 0 Å². The molecule has 2 aromatic rings. The van der Waals surface area contributed by atoms with E-state index >= 15 is 0 Å². The standard InChI is InChI=1S/C17H18O2/c1-3-19-17-14-10-6-4-8-12(14)16(18-2)13-9-5-7-11-15(13)17/h4-8,10H,3,9,11H2,1-2H3. The third-order valence-electron chi connectivity index (χ3n) is 3.63. The summed E-state index contributed by atoms with van der Waals surface area (Å²) < 4.78 is 11.6. The van der Waals surface area contributed by atoms with Crippen molar-refractivity contribution in [1.29, 1.82) is 0 Å². The third kappa shape index (κ3) is 1.88. The van der Waals surface area contributed by atoms with Crippen LogP contribution in [0.4, 0.5) is 0 Å². The molecule has 2 heteroatoms. The van der Waals surface area contributed by atoms with Crippen LogP contribution < -0.4 is 9.47 Å². The van der Waals surface area contributed by atoms with E-state index in [1.807, 2.05) is 13.0 Å². The van der Waals surface area contributed by atoms with Gasteiger partial charge in [0.15, 0.2) is 0 Å². The molecule has 2 aromatic carbocycles. The van der Waals surface area contributed by atoms with Crippen molar-refractivity contribution in [3.63, 3.8) is 0 Å². The Balaban J connectivity index is 2.38. The molecule has 1 aliphatic rings. The normalized spacial score (nSPS) is 13.4. The summed E-state index contributed by atoms with van der Waals surface area (Å²) in [6.45, 7) is 2.72. The molecule has 19 heavy (non-hydrogen) atoms. The Morgan fingerprint density at radius 1 is 0.947 bits per heavy atom. The lowest BCUT2D eigenvalue weighted by molar-refractivity contribution is 0.339. The number of ether oxygens (including phenoxy) is 2. The number of methoxy groups -OCH3 is 1. The maximum atomic E-state index is 5.93. The maximum Gasteiger partial charge on any atom is 0.131 e. The first kappa shape index (κ1) is 12.1. The smallest absolute Gasteiger partial charge is 0.131 e. The molecule has 2 nitrogen and oxygen atoms in total. The van der Waals surface area contributed by atoms with Crippen molar-refractivity contribution in [1.82, 2.24) is 0 Å². The van der Waals surface area contributed by atoms with Gasteiger partial charge in [0.05, 0.1) is 13.7 Å². The fourth-order valence-electron chi connectivity index (χ4n) is 2.85. The molecule has 1 aliphatic carbocycles. The number of rotatable bonds is 3. The molecule has 0 fully saturated rings. The van der Waals surface area contributed by atoms with Gasteiger partial charge < -0.3 is 9.47 Å². The molecule has 3 rings (SSSR count). The Hall–Kier alpha value is -1.96. The number of hydrogen-bond acceptors (Lipinski definition) is 2. The molecule has 0 unspecified atom stereocenters. The summed E-state index contributed by atoms with van der Waals surface area (Å²) in [7, 11) is 1.75. The highest BCUT2D eigenvalue weighted by atomic mass is 16.5. The Bertz CT molecular complexity index is 641. The van der Waals surface area contributed by atoms with Crippen molar-refractivity contribution >= 4 is 10.8 Å². The average Bonchev–Trinajstić information content (AvgIpc) is 2.47. The summed E-state index contributed by atoms with van der Waals surface area (Å²) in [6.07, 6.45) is 6.25. The Morgan fingerprint density at radius 3 is 2.11 bits per heavy atom. The minimum atomic E-state index is 0.687. The van der Waals surface area contributed by atoms with Gasteiger partial charge in [0, 0.05) is 21.9 Å². The van der Waals surface area contributed by atoms with Gasteiger partial charge in [-0.2, -0.15) is 0 Å². The highest BCUT2D eigenvalue weighted by Gasteiger charge is 2.20. The molecule has 0 amide bonds. The monoisotopic (exact) mass is 254 g/mol. The minimum Gasteiger partial charge on any atom is -0.496 e. The molecule has 0 N–H and O–H groups in total. The van der Waals surface area contributed by atoms with Crippen molar-refractivity contribution in [2.24, 2.45) is 0 Å². The number of hydrogen-bond donors (Lipinski definition) is 0. The Kier molecular flexibility index (Phi) is 3.16. The second-order valence-corrected chi connectivity index (χ2v) is 4.68. The van der Waals surface area contributed by atoms with Gasteiger partial charge in [0.2, 0.25) is 0 Å². The van der Waals surface area contributed by atoms with E-state index in [2.05, 4.69) is 30.4 Å². The van der Waals surface area contributed by atoms with Crippen LogP contribution in [-0.4, -0.2) is 13.7 Å². The lowest BCUT2D eigenvalue weighted by atomic mass is 9.90. The topological polar surface area (TPSA) is 18.5 Å². The summed E-state index contributed by atoms with van der Waals surface area (Å²) in [5.74, 6) is 2.02. The van der Waals surface area contributed by atoms with Gasteiger partial charge in [-0.3, -0.25) is 0 Å². The third-order valence-corrected chi connectivity index (χ3v) is 3.63. The first-order chi connectivity index (χ1) is 9.36. The molecule has 0 spiro atoms. The van der Waals surface area contributed by atoms with Gasteiger partial charge in [0.1, 0.15) is 11.5 Å². The van der Waals surface area contributed by atoms with Gasteiger partial charge in [-0.05, 0) is 19.8 Å². The highest BCUT2D eigenvalue weighted by Crippen LogP contribution is 2.42. The largest absolute Gasteiger partial charge is 0.496 e. The maximum absolute atomic E-state index is 5.93. The van der Waals surface area contributed by atoms with E-state index < -0.39 is 0 Å². The van der Waals surface area contributed by atoms with E-state index in [1.54, 1.807) is 7.11 Å². The van der Waals surface area contributed by atoms with E-state index in [4.69, 9.17) is 9.47 Å². The molecule has 0 heterocycles. The van der Waals surface area contributed by atoms with Crippen molar-refractivity contribution in [3.05, 3.63) is 47.5 Å². The van der Waals surface area contributed by atoms with Crippen molar-refractivity contribution < 1.29 is 9.47 Å². The van der Waals surface area contributed by atoms with Crippen LogP contribution >= 0.6 is 0 Å². The average molecular weight is 254 g/mol. The van der Waals surface area contributed by atoms with Gasteiger partial charge >= 0.3 is 0 Å². The Morgan fingerprint density at radius 2 is 1.53 bits per heavy atom. The lowest BCUT2D eigenvalue weighted by Gasteiger charge is -2.22. The molecule has 0 aromatic heterocycles. The molecule has 0 saturated carbocycles. The first-order valence-electron chi connectivity index (χ1n) is 6.75. The zero-order chi connectivity index (χ0) is 13.2. The summed E-state index contributed by atoms with van der Waals surface area (Å²) in [5.41, 5.74) is 2.55. The number of benzene rings is 2. The second kappa shape index (κ2) is 4.96. The van der Waals surface area contributed by atoms with Crippen LogP contribution in [-0.2, 0) is 12.8 Å². The van der Waals surface area contributed by atoms with Crippen LogP contribution in [0.15, 0.2) is 36.4 Å². The zero-order valence-corrected chi connectivity index (χ0v) is 11.4. The van der Waals surface area contributed by atoms with Crippen LogP contribution in [0.1, 0.15) is 18.1 Å². The van der Waals surface area contributed by atoms with Crippen molar-refractivity contribution in [3.8, 4) is 11.5 Å². The van der Waals surface area contributed by atoms with Gasteiger partial charge in [-0.25, -0.2) is 0 Å². The molecule has 0 radical (unpaired) electrons. The van der Waals surface area contributed by atoms with Gasteiger partial charge in [0.25, 0.3) is 0 Å². The molecule has 0 bridgehead atoms. The molecular formula is C17H18O2. The quantitative estimate of drug-likeness (QED) is 0.773. The predicted molar refractivity (Wildman–Crippen MR) is 78.2 cm³/mol. The van der Waals surface area contributed by atoms with Crippen LogP contribution in [0.2, 0.25) is 0 Å². The van der Waals surface area contributed by atoms with Crippen LogP contribution in [0, 0.1) is 0 Å². The first-order valence-corrected chi connectivity index (χ1v) is 6.75. The van der Waals surface area contributed by atoms with Crippen LogP contribution in [0.5, 0.6) is 11.5 Å². The van der Waals surface area contributed by atoms with Crippen molar-refractivity contribution in [2.45, 2.75) is 19.8 Å². The molecule has 0 atom stereocenters. The fourth-order valence-corrected chi connectivity index (χ4v) is 2.85. The van der Waals surface area contributed by atoms with E-state index in [1.165, 1.54) is 11.1 Å². The fraction of sp³-hybridized carbons (Fsp3) is 0.294. The van der Waals surface area contributed by atoms with E-state index in [0.29, 0.717) is 6.61 Å². The van der Waals surface area contributed by atoms with Gasteiger partial charge in [-0.1, -0.05) is 36.4 Å². The SMILES string of the molecule is CCOc1c2c(c(OC)c3ccccc13)CC=CC2. The summed E-state index contributed by atoms with van der Waals surface area (Å²) >= 11 is 0.